The molecule has 0 N–H and O–H groups in total. The van der Waals surface area contributed by atoms with Crippen LogP contribution in [0.4, 0.5) is 0 Å². The van der Waals surface area contributed by atoms with Crippen LogP contribution in [0.3, 0.4) is 0 Å². The molecule has 0 unspecified atom stereocenters. The van der Waals surface area contributed by atoms with Crippen LogP contribution in [0.2, 0.25) is 0 Å². The molecule has 0 amide bonds. The lowest BCUT2D eigenvalue weighted by molar-refractivity contribution is -0.126. The summed E-state index contributed by atoms with van der Waals surface area (Å²) in [6.07, 6.45) is 5.04. The fourth-order valence-corrected chi connectivity index (χ4v) is 1.07. The van der Waals surface area contributed by atoms with E-state index in [4.69, 9.17) is 0 Å². The van der Waals surface area contributed by atoms with Gasteiger partial charge >= 0.3 is 0 Å². The molecule has 76 valence electrons. The molecule has 0 aliphatic carbocycles. The normalized spacial score (nSPS) is 11.3. The molecular formula is C11H20O2. The van der Waals surface area contributed by atoms with Gasteiger partial charge < -0.3 is 4.79 Å². The summed E-state index contributed by atoms with van der Waals surface area (Å²) >= 11 is 0. The van der Waals surface area contributed by atoms with E-state index in [1.807, 2.05) is 20.8 Å². The average molecular weight is 184 g/mol. The molecular weight excluding hydrogens is 164 g/mol. The first-order valence-corrected chi connectivity index (χ1v) is 4.95. The third-order valence-corrected chi connectivity index (χ3v) is 2.06. The van der Waals surface area contributed by atoms with Gasteiger partial charge in [-0.15, -0.1) is 0 Å². The summed E-state index contributed by atoms with van der Waals surface area (Å²) in [5.41, 5.74) is -0.204. The summed E-state index contributed by atoms with van der Waals surface area (Å²) in [6.45, 7) is 5.84. The molecule has 0 fully saturated rings. The highest BCUT2D eigenvalue weighted by Crippen LogP contribution is 2.18. The Hall–Kier alpha value is -0.660. The second-order valence-corrected chi connectivity index (χ2v) is 4.44. The van der Waals surface area contributed by atoms with Crippen molar-refractivity contribution in [2.75, 3.05) is 0 Å². The Morgan fingerprint density at radius 3 is 2.23 bits per heavy atom. The topological polar surface area (TPSA) is 34.1 Å². The van der Waals surface area contributed by atoms with Gasteiger partial charge in [0, 0.05) is 18.3 Å². The molecule has 0 atom stereocenters. The average Bonchev–Trinajstić information content (AvgIpc) is 2.02. The Labute approximate surface area is 80.7 Å². The minimum Gasteiger partial charge on any atom is -0.303 e. The van der Waals surface area contributed by atoms with Crippen LogP contribution in [-0.4, -0.2) is 12.1 Å². The van der Waals surface area contributed by atoms with Gasteiger partial charge in [0.25, 0.3) is 0 Å². The van der Waals surface area contributed by atoms with Crippen LogP contribution in [0, 0.1) is 5.41 Å². The van der Waals surface area contributed by atoms with E-state index in [0.717, 1.165) is 25.5 Å². The Balaban J connectivity index is 3.43. The van der Waals surface area contributed by atoms with E-state index in [-0.39, 0.29) is 5.41 Å². The summed E-state index contributed by atoms with van der Waals surface area (Å²) < 4.78 is 0. The molecule has 0 saturated heterocycles. The Morgan fingerprint density at radius 1 is 1.15 bits per heavy atom. The first-order valence-electron chi connectivity index (χ1n) is 4.95. The molecule has 0 radical (unpaired) electrons. The lowest BCUT2D eigenvalue weighted by Gasteiger charge is -2.15. The fourth-order valence-electron chi connectivity index (χ4n) is 1.07. The first kappa shape index (κ1) is 12.3. The number of unbranched alkanes of at least 4 members (excludes halogenated alkanes) is 3. The van der Waals surface area contributed by atoms with Crippen LogP contribution in [0.1, 0.15) is 52.9 Å². The number of aldehydes is 1. The van der Waals surface area contributed by atoms with Gasteiger partial charge in [-0.3, -0.25) is 4.79 Å². The highest BCUT2D eigenvalue weighted by atomic mass is 16.1. The maximum Gasteiger partial charge on any atom is 0.138 e. The number of Topliss-reactive ketones (excluding diaryl/α,β-unsaturated/α-hetero) is 1. The van der Waals surface area contributed by atoms with Crippen LogP contribution in [0.15, 0.2) is 0 Å². The minimum atomic E-state index is -0.204. The molecule has 13 heavy (non-hydrogen) atoms. The van der Waals surface area contributed by atoms with Crippen molar-refractivity contribution in [1.29, 1.82) is 0 Å². The lowest BCUT2D eigenvalue weighted by atomic mass is 9.88. The molecule has 0 aromatic carbocycles. The summed E-state index contributed by atoms with van der Waals surface area (Å²) in [5.74, 6) is 0.318. The zero-order chi connectivity index (χ0) is 10.3. The standard InChI is InChI=1S/C11H20O2/c1-11(2,3)10(13)8-6-4-5-7-9-12/h9H,4-8H2,1-3H3. The number of carbonyl (C=O) groups is 2. The Kier molecular flexibility index (Phi) is 5.60. The number of ketones is 1. The number of hydrogen-bond donors (Lipinski definition) is 0. The van der Waals surface area contributed by atoms with Crippen molar-refractivity contribution < 1.29 is 9.59 Å². The second kappa shape index (κ2) is 5.90. The van der Waals surface area contributed by atoms with Crippen LogP contribution >= 0.6 is 0 Å². The lowest BCUT2D eigenvalue weighted by Crippen LogP contribution is -2.19. The zero-order valence-electron chi connectivity index (χ0n) is 8.93. The van der Waals surface area contributed by atoms with Gasteiger partial charge in [0.1, 0.15) is 12.1 Å². The summed E-state index contributed by atoms with van der Waals surface area (Å²) in [7, 11) is 0. The van der Waals surface area contributed by atoms with Crippen LogP contribution in [0.5, 0.6) is 0 Å². The minimum absolute atomic E-state index is 0.204. The van der Waals surface area contributed by atoms with E-state index in [1.54, 1.807) is 0 Å². The molecule has 0 bridgehead atoms. The molecule has 0 heterocycles. The largest absolute Gasteiger partial charge is 0.303 e. The van der Waals surface area contributed by atoms with Gasteiger partial charge in [0.05, 0.1) is 0 Å². The monoisotopic (exact) mass is 184 g/mol. The van der Waals surface area contributed by atoms with Crippen molar-refractivity contribution >= 4 is 12.1 Å². The predicted molar refractivity (Wildman–Crippen MR) is 53.6 cm³/mol. The summed E-state index contributed by atoms with van der Waals surface area (Å²) in [5, 5.41) is 0. The van der Waals surface area contributed by atoms with Crippen molar-refractivity contribution in [3.05, 3.63) is 0 Å². The maximum atomic E-state index is 11.4. The van der Waals surface area contributed by atoms with Crippen LogP contribution in [0.25, 0.3) is 0 Å². The van der Waals surface area contributed by atoms with Gasteiger partial charge in [0.15, 0.2) is 0 Å². The Bertz CT molecular complexity index is 165. The van der Waals surface area contributed by atoms with E-state index in [0.29, 0.717) is 18.6 Å². The third-order valence-electron chi connectivity index (χ3n) is 2.06. The van der Waals surface area contributed by atoms with Gasteiger partial charge in [-0.2, -0.15) is 0 Å². The van der Waals surface area contributed by atoms with Gasteiger partial charge in [-0.1, -0.05) is 27.2 Å². The number of carbonyl (C=O) groups excluding carboxylic acids is 2. The molecule has 2 nitrogen and oxygen atoms in total. The highest BCUT2D eigenvalue weighted by Gasteiger charge is 2.19. The predicted octanol–water partition coefficient (Wildman–Crippen LogP) is 2.75. The first-order chi connectivity index (χ1) is 5.98. The van der Waals surface area contributed by atoms with Crippen molar-refractivity contribution in [3.8, 4) is 0 Å². The number of rotatable bonds is 6. The second-order valence-electron chi connectivity index (χ2n) is 4.44. The van der Waals surface area contributed by atoms with Crippen LogP contribution in [-0.2, 0) is 9.59 Å². The van der Waals surface area contributed by atoms with Crippen LogP contribution < -0.4 is 0 Å². The summed E-state index contributed by atoms with van der Waals surface area (Å²) in [6, 6.07) is 0. The van der Waals surface area contributed by atoms with E-state index < -0.39 is 0 Å². The summed E-state index contributed by atoms with van der Waals surface area (Å²) in [4.78, 5) is 21.4. The number of hydrogen-bond acceptors (Lipinski definition) is 2. The molecule has 0 aromatic heterocycles. The van der Waals surface area contributed by atoms with E-state index in [9.17, 15) is 9.59 Å². The molecule has 0 aromatic rings. The van der Waals surface area contributed by atoms with E-state index in [1.165, 1.54) is 0 Å². The molecule has 0 aliphatic rings. The van der Waals surface area contributed by atoms with Gasteiger partial charge in [-0.25, -0.2) is 0 Å². The van der Waals surface area contributed by atoms with E-state index in [2.05, 4.69) is 0 Å². The molecule has 2 heteroatoms. The van der Waals surface area contributed by atoms with Crippen molar-refractivity contribution in [2.45, 2.75) is 52.9 Å². The SMILES string of the molecule is CC(C)(C)C(=O)CCCCCC=O. The zero-order valence-corrected chi connectivity index (χ0v) is 8.93. The van der Waals surface area contributed by atoms with Crippen molar-refractivity contribution in [3.63, 3.8) is 0 Å². The molecule has 0 spiro atoms. The highest BCUT2D eigenvalue weighted by molar-refractivity contribution is 5.83. The van der Waals surface area contributed by atoms with E-state index >= 15 is 0 Å². The Morgan fingerprint density at radius 2 is 1.77 bits per heavy atom. The fraction of sp³-hybridized carbons (Fsp3) is 0.818. The van der Waals surface area contributed by atoms with Crippen molar-refractivity contribution in [2.24, 2.45) is 5.41 Å². The van der Waals surface area contributed by atoms with Crippen molar-refractivity contribution in [1.82, 2.24) is 0 Å². The smallest absolute Gasteiger partial charge is 0.138 e. The van der Waals surface area contributed by atoms with Gasteiger partial charge in [-0.05, 0) is 12.8 Å². The molecule has 0 saturated carbocycles. The maximum absolute atomic E-state index is 11.4. The molecule has 0 aliphatic heterocycles. The van der Waals surface area contributed by atoms with Gasteiger partial charge in [0.2, 0.25) is 0 Å². The molecule has 0 rings (SSSR count). The third kappa shape index (κ3) is 6.50. The quantitative estimate of drug-likeness (QED) is 0.470.